The predicted octanol–water partition coefficient (Wildman–Crippen LogP) is 1.98. The maximum atomic E-state index is 13.1. The van der Waals surface area contributed by atoms with Gasteiger partial charge in [-0.2, -0.15) is 4.98 Å². The van der Waals surface area contributed by atoms with E-state index < -0.39 is 0 Å². The average Bonchev–Trinajstić information content (AvgIpc) is 3.07. The van der Waals surface area contributed by atoms with Crippen molar-refractivity contribution in [1.29, 1.82) is 0 Å². The molecular weight excluding hydrogens is 370 g/mol. The van der Waals surface area contributed by atoms with Crippen LogP contribution in [0.2, 0.25) is 0 Å². The van der Waals surface area contributed by atoms with E-state index in [0.717, 1.165) is 17.5 Å². The van der Waals surface area contributed by atoms with E-state index in [-0.39, 0.29) is 30.3 Å². The Bertz CT molecular complexity index is 848. The molecule has 0 unspecified atom stereocenters. The van der Waals surface area contributed by atoms with Crippen LogP contribution in [-0.4, -0.2) is 57.4 Å². The molecule has 1 aromatic heterocycles. The van der Waals surface area contributed by atoms with Gasteiger partial charge in [0, 0.05) is 38.2 Å². The third-order valence-electron chi connectivity index (χ3n) is 5.37. The molecule has 0 radical (unpaired) electrons. The van der Waals surface area contributed by atoms with Crippen LogP contribution >= 0.6 is 0 Å². The summed E-state index contributed by atoms with van der Waals surface area (Å²) in [5, 5.41) is 4.04. The number of nitrogens with zero attached hydrogens (tertiary/aromatic N) is 4. The van der Waals surface area contributed by atoms with Crippen molar-refractivity contribution >= 4 is 11.8 Å². The highest BCUT2D eigenvalue weighted by atomic mass is 16.5. The number of carbonyl (C=O) groups is 2. The summed E-state index contributed by atoms with van der Waals surface area (Å²) >= 11 is 0. The number of hydrogen-bond acceptors (Lipinski definition) is 6. The van der Waals surface area contributed by atoms with Crippen molar-refractivity contribution in [3.63, 3.8) is 0 Å². The molecule has 1 saturated heterocycles. The van der Waals surface area contributed by atoms with Crippen molar-refractivity contribution in [3.8, 4) is 11.4 Å². The quantitative estimate of drug-likeness (QED) is 0.824. The van der Waals surface area contributed by atoms with Crippen LogP contribution in [0, 0.1) is 12.8 Å². The van der Waals surface area contributed by atoms with Gasteiger partial charge in [-0.1, -0.05) is 35.0 Å². The van der Waals surface area contributed by atoms with E-state index in [2.05, 4.69) is 10.1 Å². The number of hydrogen-bond donors (Lipinski definition) is 1. The Hall–Kier alpha value is -2.74. The fraction of sp³-hybridized carbons (Fsp3) is 0.524. The lowest BCUT2D eigenvalue weighted by Crippen LogP contribution is -2.43. The van der Waals surface area contributed by atoms with Crippen LogP contribution in [0.4, 0.5) is 0 Å². The number of carbonyl (C=O) groups excluding carboxylic acids is 2. The minimum absolute atomic E-state index is 0.0112. The molecular formula is C21H29N5O3. The van der Waals surface area contributed by atoms with Gasteiger partial charge in [-0.15, -0.1) is 0 Å². The van der Waals surface area contributed by atoms with Gasteiger partial charge >= 0.3 is 0 Å². The average molecular weight is 399 g/mol. The Morgan fingerprint density at radius 1 is 1.24 bits per heavy atom. The summed E-state index contributed by atoms with van der Waals surface area (Å²) in [4.78, 5) is 32.8. The molecule has 0 bridgehead atoms. The summed E-state index contributed by atoms with van der Waals surface area (Å²) in [6.07, 6.45) is 1.38. The Morgan fingerprint density at radius 2 is 1.97 bits per heavy atom. The molecule has 2 heterocycles. The van der Waals surface area contributed by atoms with Gasteiger partial charge < -0.3 is 20.1 Å². The Morgan fingerprint density at radius 3 is 2.62 bits per heavy atom. The highest BCUT2D eigenvalue weighted by molar-refractivity contribution is 5.80. The Kier molecular flexibility index (Phi) is 6.64. The molecule has 2 amide bonds. The molecule has 0 saturated carbocycles. The largest absolute Gasteiger partial charge is 0.341 e. The van der Waals surface area contributed by atoms with E-state index in [1.54, 1.807) is 9.80 Å². The van der Waals surface area contributed by atoms with Crippen molar-refractivity contribution in [3.05, 3.63) is 35.7 Å². The minimum atomic E-state index is -0.271. The second-order valence-electron chi connectivity index (χ2n) is 7.69. The number of likely N-dealkylation sites (tertiary alicyclic amines) is 1. The monoisotopic (exact) mass is 399 g/mol. The van der Waals surface area contributed by atoms with Crippen molar-refractivity contribution in [2.24, 2.45) is 11.7 Å². The number of rotatable bonds is 5. The van der Waals surface area contributed by atoms with E-state index in [9.17, 15) is 9.59 Å². The van der Waals surface area contributed by atoms with E-state index in [0.29, 0.717) is 37.8 Å². The van der Waals surface area contributed by atoms with Gasteiger partial charge in [0.2, 0.25) is 23.5 Å². The molecule has 2 N–H and O–H groups in total. The SMILES string of the molecule is CCN(Cc1nc(-c2ccc(C)cc2)no1)C(=O)[C@@H]1CC[C@H](N)CN(C(C)=O)C1. The standard InChI is InChI=1S/C21H29N5O3/c1-4-25(21(28)17-9-10-18(22)12-26(11-17)15(3)27)13-19-23-20(24-29-19)16-7-5-14(2)6-8-16/h5-8,17-18H,4,9-13,22H2,1-3H3/t17-,18+/m1/s1. The summed E-state index contributed by atoms with van der Waals surface area (Å²) in [5.41, 5.74) is 8.10. The molecule has 0 aliphatic carbocycles. The van der Waals surface area contributed by atoms with Crippen LogP contribution in [-0.2, 0) is 16.1 Å². The molecule has 2 aromatic rings. The minimum Gasteiger partial charge on any atom is -0.341 e. The van der Waals surface area contributed by atoms with E-state index >= 15 is 0 Å². The van der Waals surface area contributed by atoms with Gasteiger partial charge in [-0.3, -0.25) is 9.59 Å². The molecule has 3 rings (SSSR count). The highest BCUT2D eigenvalue weighted by Gasteiger charge is 2.31. The second kappa shape index (κ2) is 9.17. The molecule has 0 spiro atoms. The van der Waals surface area contributed by atoms with Crippen molar-refractivity contribution in [2.75, 3.05) is 19.6 Å². The fourth-order valence-electron chi connectivity index (χ4n) is 3.59. The van der Waals surface area contributed by atoms with Crippen LogP contribution in [0.1, 0.15) is 38.1 Å². The van der Waals surface area contributed by atoms with Crippen molar-refractivity contribution < 1.29 is 14.1 Å². The summed E-state index contributed by atoms with van der Waals surface area (Å²) < 4.78 is 5.38. The number of benzene rings is 1. The normalized spacial score (nSPS) is 19.7. The first-order valence-electron chi connectivity index (χ1n) is 10.1. The zero-order valence-electron chi connectivity index (χ0n) is 17.3. The number of aryl methyl sites for hydroxylation is 1. The van der Waals surface area contributed by atoms with Crippen LogP contribution < -0.4 is 5.73 Å². The van der Waals surface area contributed by atoms with E-state index in [4.69, 9.17) is 10.3 Å². The molecule has 8 heteroatoms. The fourth-order valence-corrected chi connectivity index (χ4v) is 3.59. The number of nitrogens with two attached hydrogens (primary N) is 1. The second-order valence-corrected chi connectivity index (χ2v) is 7.69. The first kappa shape index (κ1) is 21.0. The summed E-state index contributed by atoms with van der Waals surface area (Å²) in [6.45, 7) is 7.11. The molecule has 156 valence electrons. The van der Waals surface area contributed by atoms with E-state index in [1.807, 2.05) is 38.1 Å². The van der Waals surface area contributed by atoms with Crippen molar-refractivity contribution in [1.82, 2.24) is 19.9 Å². The number of amides is 2. The topological polar surface area (TPSA) is 106 Å². The van der Waals surface area contributed by atoms with Gasteiger partial charge in [0.25, 0.3) is 0 Å². The van der Waals surface area contributed by atoms with Crippen molar-refractivity contribution in [2.45, 2.75) is 46.2 Å². The van der Waals surface area contributed by atoms with Gasteiger partial charge in [0.05, 0.1) is 12.5 Å². The number of aromatic nitrogens is 2. The van der Waals surface area contributed by atoms with Gasteiger partial charge in [0.1, 0.15) is 0 Å². The molecule has 1 fully saturated rings. The van der Waals surface area contributed by atoms with Gasteiger partial charge in [0.15, 0.2) is 0 Å². The first-order valence-corrected chi connectivity index (χ1v) is 10.1. The molecule has 1 aliphatic heterocycles. The maximum Gasteiger partial charge on any atom is 0.246 e. The molecule has 2 atom stereocenters. The summed E-state index contributed by atoms with van der Waals surface area (Å²) in [7, 11) is 0. The van der Waals surface area contributed by atoms with Gasteiger partial charge in [-0.25, -0.2) is 0 Å². The molecule has 1 aliphatic rings. The third-order valence-corrected chi connectivity index (χ3v) is 5.37. The lowest BCUT2D eigenvalue weighted by atomic mass is 10.0. The maximum absolute atomic E-state index is 13.1. The molecule has 1 aromatic carbocycles. The Balaban J connectivity index is 1.70. The van der Waals surface area contributed by atoms with Crippen LogP contribution in [0.3, 0.4) is 0 Å². The highest BCUT2D eigenvalue weighted by Crippen LogP contribution is 2.21. The first-order chi connectivity index (χ1) is 13.9. The van der Waals surface area contributed by atoms with Crippen LogP contribution in [0.15, 0.2) is 28.8 Å². The molecule has 29 heavy (non-hydrogen) atoms. The smallest absolute Gasteiger partial charge is 0.246 e. The summed E-state index contributed by atoms with van der Waals surface area (Å²) in [6, 6.07) is 7.77. The summed E-state index contributed by atoms with van der Waals surface area (Å²) in [5.74, 6) is 0.564. The van der Waals surface area contributed by atoms with Crippen LogP contribution in [0.5, 0.6) is 0 Å². The van der Waals surface area contributed by atoms with Crippen LogP contribution in [0.25, 0.3) is 11.4 Å². The Labute approximate surface area is 171 Å². The molecule has 8 nitrogen and oxygen atoms in total. The lowest BCUT2D eigenvalue weighted by Gasteiger charge is -2.27. The van der Waals surface area contributed by atoms with E-state index in [1.165, 1.54) is 6.92 Å². The predicted molar refractivity (Wildman–Crippen MR) is 109 cm³/mol. The van der Waals surface area contributed by atoms with Gasteiger partial charge in [-0.05, 0) is 26.7 Å². The zero-order chi connectivity index (χ0) is 21.0. The third kappa shape index (κ3) is 5.20. The lowest BCUT2D eigenvalue weighted by molar-refractivity contribution is -0.138. The zero-order valence-corrected chi connectivity index (χ0v) is 17.3.